The van der Waals surface area contributed by atoms with Crippen LogP contribution in [0.5, 0.6) is 11.5 Å². The summed E-state index contributed by atoms with van der Waals surface area (Å²) in [6, 6.07) is 6.67. The smallest absolute Gasteiger partial charge is 0.412 e. The van der Waals surface area contributed by atoms with Gasteiger partial charge in [-0.05, 0) is 24.3 Å². The number of hydrogen-bond donors (Lipinski definition) is 1. The summed E-state index contributed by atoms with van der Waals surface area (Å²) in [5, 5.41) is 2.36. The average Bonchev–Trinajstić information content (AvgIpc) is 2.41. The van der Waals surface area contributed by atoms with Gasteiger partial charge in [-0.3, -0.25) is 0 Å². The van der Waals surface area contributed by atoms with E-state index in [-0.39, 0.29) is 6.61 Å². The molecule has 1 aromatic carbocycles. The monoisotopic (exact) mass is 255 g/mol. The first-order chi connectivity index (χ1) is 8.69. The second kappa shape index (κ2) is 7.52. The molecule has 0 radical (unpaired) electrons. The maximum Gasteiger partial charge on any atom is 0.412 e. The Morgan fingerprint density at radius 3 is 2.22 bits per heavy atom. The van der Waals surface area contributed by atoms with E-state index in [0.717, 1.165) is 0 Å². The van der Waals surface area contributed by atoms with Crippen molar-refractivity contribution >= 4 is 6.09 Å². The number of rotatable bonds is 6. The first kappa shape index (κ1) is 14.3. The van der Waals surface area contributed by atoms with Gasteiger partial charge in [-0.1, -0.05) is 0 Å². The molecule has 0 aliphatic heterocycles. The van der Waals surface area contributed by atoms with Gasteiger partial charge in [-0.15, -0.1) is 0 Å². The quantitative estimate of drug-likeness (QED) is 0.778. The number of carbonyl (C=O) groups is 1. The Hall–Kier alpha value is -1.79. The molecule has 0 unspecified atom stereocenters. The maximum absolute atomic E-state index is 11.0. The van der Waals surface area contributed by atoms with E-state index in [2.05, 4.69) is 5.32 Å². The molecule has 1 N–H and O–H groups in total. The van der Waals surface area contributed by atoms with E-state index in [9.17, 15) is 4.79 Å². The van der Waals surface area contributed by atoms with E-state index in [1.54, 1.807) is 24.3 Å². The molecule has 1 rings (SSSR count). The topological polar surface area (TPSA) is 66.0 Å². The zero-order chi connectivity index (χ0) is 13.4. The molecule has 18 heavy (non-hydrogen) atoms. The van der Waals surface area contributed by atoms with Crippen molar-refractivity contribution in [2.45, 2.75) is 6.29 Å². The number of hydrogen-bond acceptors (Lipinski definition) is 5. The second-order valence-electron chi connectivity index (χ2n) is 3.32. The molecule has 6 heteroatoms. The third-order valence-corrected chi connectivity index (χ3v) is 2.15. The molecule has 6 nitrogen and oxygen atoms in total. The number of ether oxygens (including phenoxy) is 4. The van der Waals surface area contributed by atoms with Crippen LogP contribution in [0, 0.1) is 0 Å². The lowest BCUT2D eigenvalue weighted by molar-refractivity contribution is -0.121. The van der Waals surface area contributed by atoms with Gasteiger partial charge < -0.3 is 24.3 Å². The fourth-order valence-corrected chi connectivity index (χ4v) is 1.16. The Bertz CT molecular complexity index is 361. The standard InChI is InChI=1S/C12H17NO5/c1-13-12(14)18-10-6-4-9(5-7-10)17-8-11(15-2)16-3/h4-7,11H,8H2,1-3H3,(H,13,14). The maximum atomic E-state index is 11.0. The molecule has 0 saturated carbocycles. The molecule has 0 fully saturated rings. The van der Waals surface area contributed by atoms with Crippen molar-refractivity contribution in [3.05, 3.63) is 24.3 Å². The number of carbonyl (C=O) groups excluding carboxylic acids is 1. The first-order valence-corrected chi connectivity index (χ1v) is 5.37. The van der Waals surface area contributed by atoms with Crippen LogP contribution in [0.25, 0.3) is 0 Å². The number of methoxy groups -OCH3 is 2. The van der Waals surface area contributed by atoms with Crippen LogP contribution in [0.3, 0.4) is 0 Å². The Balaban J connectivity index is 2.47. The predicted octanol–water partition coefficient (Wildman–Crippen LogP) is 1.40. The van der Waals surface area contributed by atoms with Gasteiger partial charge in [0.05, 0.1) is 0 Å². The first-order valence-electron chi connectivity index (χ1n) is 5.37. The highest BCUT2D eigenvalue weighted by Gasteiger charge is 2.06. The van der Waals surface area contributed by atoms with Crippen LogP contribution < -0.4 is 14.8 Å². The highest BCUT2D eigenvalue weighted by molar-refractivity contribution is 5.69. The molecule has 0 aliphatic rings. The van der Waals surface area contributed by atoms with Gasteiger partial charge in [0.2, 0.25) is 0 Å². The molecule has 100 valence electrons. The average molecular weight is 255 g/mol. The second-order valence-corrected chi connectivity index (χ2v) is 3.32. The van der Waals surface area contributed by atoms with Gasteiger partial charge in [-0.25, -0.2) is 4.79 Å². The summed E-state index contributed by atoms with van der Waals surface area (Å²) in [6.45, 7) is 0.280. The third-order valence-electron chi connectivity index (χ3n) is 2.15. The Kier molecular flexibility index (Phi) is 5.96. The molecular weight excluding hydrogens is 238 g/mol. The molecule has 0 spiro atoms. The molecule has 0 bridgehead atoms. The molecular formula is C12H17NO5. The van der Waals surface area contributed by atoms with Crippen molar-refractivity contribution in [3.8, 4) is 11.5 Å². The van der Waals surface area contributed by atoms with E-state index >= 15 is 0 Å². The summed E-state index contributed by atoms with van der Waals surface area (Å²) in [6.07, 6.45) is -0.922. The van der Waals surface area contributed by atoms with Crippen molar-refractivity contribution in [2.24, 2.45) is 0 Å². The van der Waals surface area contributed by atoms with Crippen LogP contribution in [0.2, 0.25) is 0 Å². The molecule has 1 aromatic rings. The summed E-state index contributed by atoms with van der Waals surface area (Å²) in [4.78, 5) is 11.0. The SMILES string of the molecule is CNC(=O)Oc1ccc(OCC(OC)OC)cc1. The molecule has 0 aliphatic carbocycles. The minimum absolute atomic E-state index is 0.280. The number of amides is 1. The molecule has 0 atom stereocenters. The highest BCUT2D eigenvalue weighted by Crippen LogP contribution is 2.17. The lowest BCUT2D eigenvalue weighted by atomic mass is 10.3. The fraction of sp³-hybridized carbons (Fsp3) is 0.417. The van der Waals surface area contributed by atoms with Crippen LogP contribution >= 0.6 is 0 Å². The van der Waals surface area contributed by atoms with E-state index < -0.39 is 12.4 Å². The highest BCUT2D eigenvalue weighted by atomic mass is 16.7. The van der Waals surface area contributed by atoms with Gasteiger partial charge in [-0.2, -0.15) is 0 Å². The van der Waals surface area contributed by atoms with Gasteiger partial charge in [0.1, 0.15) is 18.1 Å². The zero-order valence-electron chi connectivity index (χ0n) is 10.6. The van der Waals surface area contributed by atoms with Crippen LogP contribution in [0.1, 0.15) is 0 Å². The minimum Gasteiger partial charge on any atom is -0.488 e. The van der Waals surface area contributed by atoms with Crippen molar-refractivity contribution < 1.29 is 23.7 Å². The van der Waals surface area contributed by atoms with E-state index in [1.165, 1.54) is 21.3 Å². The Morgan fingerprint density at radius 1 is 1.17 bits per heavy atom. The van der Waals surface area contributed by atoms with Crippen molar-refractivity contribution in [2.75, 3.05) is 27.9 Å². The Morgan fingerprint density at radius 2 is 1.72 bits per heavy atom. The van der Waals surface area contributed by atoms with E-state index in [0.29, 0.717) is 11.5 Å². The lowest BCUT2D eigenvalue weighted by Gasteiger charge is -2.14. The summed E-state index contributed by atoms with van der Waals surface area (Å²) < 4.78 is 20.3. The van der Waals surface area contributed by atoms with Gasteiger partial charge in [0.15, 0.2) is 6.29 Å². The van der Waals surface area contributed by atoms with Crippen LogP contribution in [-0.4, -0.2) is 40.3 Å². The van der Waals surface area contributed by atoms with Crippen molar-refractivity contribution in [1.82, 2.24) is 5.32 Å². The zero-order valence-corrected chi connectivity index (χ0v) is 10.6. The van der Waals surface area contributed by atoms with Crippen LogP contribution in [0.4, 0.5) is 4.79 Å². The normalized spacial score (nSPS) is 10.2. The summed E-state index contributed by atoms with van der Waals surface area (Å²) >= 11 is 0. The summed E-state index contributed by atoms with van der Waals surface area (Å²) in [5.74, 6) is 1.08. The number of nitrogens with one attached hydrogen (secondary N) is 1. The summed E-state index contributed by atoms with van der Waals surface area (Å²) in [7, 11) is 4.57. The van der Waals surface area contributed by atoms with Crippen molar-refractivity contribution in [3.63, 3.8) is 0 Å². The van der Waals surface area contributed by atoms with Gasteiger partial charge in [0.25, 0.3) is 0 Å². The Labute approximate surface area is 106 Å². The van der Waals surface area contributed by atoms with Gasteiger partial charge >= 0.3 is 6.09 Å². The largest absolute Gasteiger partial charge is 0.488 e. The van der Waals surface area contributed by atoms with E-state index in [1.807, 2.05) is 0 Å². The van der Waals surface area contributed by atoms with Gasteiger partial charge in [0, 0.05) is 21.3 Å². The molecule has 0 saturated heterocycles. The molecule has 1 amide bonds. The molecule has 0 aromatic heterocycles. The third kappa shape index (κ3) is 4.60. The van der Waals surface area contributed by atoms with Crippen LogP contribution in [0.15, 0.2) is 24.3 Å². The van der Waals surface area contributed by atoms with E-state index in [4.69, 9.17) is 18.9 Å². The lowest BCUT2D eigenvalue weighted by Crippen LogP contribution is -2.22. The van der Waals surface area contributed by atoms with Crippen LogP contribution in [-0.2, 0) is 9.47 Å². The predicted molar refractivity (Wildman–Crippen MR) is 64.8 cm³/mol. The van der Waals surface area contributed by atoms with Crippen molar-refractivity contribution in [1.29, 1.82) is 0 Å². The minimum atomic E-state index is -0.512. The summed E-state index contributed by atoms with van der Waals surface area (Å²) in [5.41, 5.74) is 0. The molecule has 0 heterocycles. The fourth-order valence-electron chi connectivity index (χ4n) is 1.16. The number of benzene rings is 1.